The monoisotopic (exact) mass is 395 g/mol. The van der Waals surface area contributed by atoms with Gasteiger partial charge >= 0.3 is 6.18 Å². The van der Waals surface area contributed by atoms with Crippen molar-refractivity contribution in [3.63, 3.8) is 0 Å². The van der Waals surface area contributed by atoms with Crippen molar-refractivity contribution in [2.75, 3.05) is 0 Å². The maximum atomic E-state index is 12.8. The van der Waals surface area contributed by atoms with Crippen molar-refractivity contribution in [2.45, 2.75) is 24.4 Å². The Morgan fingerprint density at radius 1 is 1.07 bits per heavy atom. The van der Waals surface area contributed by atoms with Crippen molar-refractivity contribution in [1.29, 1.82) is 0 Å². The fraction of sp³-hybridized carbons (Fsp3) is 0.167. The van der Waals surface area contributed by atoms with Gasteiger partial charge in [0.1, 0.15) is 0 Å². The smallest absolute Gasteiger partial charge is 0.233 e. The highest BCUT2D eigenvalue weighted by molar-refractivity contribution is 7.89. The van der Waals surface area contributed by atoms with E-state index in [1.807, 2.05) is 19.1 Å². The second-order valence-electron chi connectivity index (χ2n) is 6.08. The summed E-state index contributed by atoms with van der Waals surface area (Å²) in [6.45, 7) is 1.85. The summed E-state index contributed by atoms with van der Waals surface area (Å²) in [7, 11) is -3.87. The van der Waals surface area contributed by atoms with Gasteiger partial charge in [-0.1, -0.05) is 24.3 Å². The largest absolute Gasteiger partial charge is 0.394 e. The first-order valence-electron chi connectivity index (χ1n) is 7.89. The quantitative estimate of drug-likeness (QED) is 0.733. The molecule has 1 heterocycles. The van der Waals surface area contributed by atoms with Gasteiger partial charge in [0.25, 0.3) is 0 Å². The number of alkyl halides is 3. The van der Waals surface area contributed by atoms with Crippen molar-refractivity contribution in [3.05, 3.63) is 65.9 Å². The Bertz CT molecular complexity index is 1070. The molecule has 0 radical (unpaired) electrons. The summed E-state index contributed by atoms with van der Waals surface area (Å²) in [5, 5.41) is 9.18. The van der Waals surface area contributed by atoms with Gasteiger partial charge in [-0.2, -0.15) is 18.3 Å². The minimum atomic E-state index is -4.39. The van der Waals surface area contributed by atoms with Crippen LogP contribution in [-0.2, 0) is 16.4 Å². The Labute approximate surface area is 154 Å². The van der Waals surface area contributed by atoms with Crippen LogP contribution in [0.25, 0.3) is 16.9 Å². The van der Waals surface area contributed by atoms with Gasteiger partial charge in [0.05, 0.1) is 28.4 Å². The fourth-order valence-corrected chi connectivity index (χ4v) is 3.26. The van der Waals surface area contributed by atoms with Crippen LogP contribution >= 0.6 is 0 Å². The summed E-state index contributed by atoms with van der Waals surface area (Å²) in [6, 6.07) is 14.1. The zero-order chi connectivity index (χ0) is 19.8. The van der Waals surface area contributed by atoms with E-state index in [9.17, 15) is 21.6 Å². The van der Waals surface area contributed by atoms with E-state index in [0.717, 1.165) is 11.1 Å². The van der Waals surface area contributed by atoms with E-state index in [-0.39, 0.29) is 10.6 Å². The van der Waals surface area contributed by atoms with Crippen LogP contribution < -0.4 is 5.14 Å². The number of hydrogen-bond acceptors (Lipinski definition) is 3. The third kappa shape index (κ3) is 4.37. The molecule has 0 bridgehead atoms. The molecule has 0 aliphatic rings. The first-order chi connectivity index (χ1) is 12.5. The summed E-state index contributed by atoms with van der Waals surface area (Å²) >= 11 is 0. The predicted octanol–water partition coefficient (Wildman–Crippen LogP) is 3.60. The minimum Gasteiger partial charge on any atom is -0.233 e. The van der Waals surface area contributed by atoms with Crippen molar-refractivity contribution in [1.82, 2.24) is 9.78 Å². The van der Waals surface area contributed by atoms with E-state index in [1.165, 1.54) is 35.0 Å². The van der Waals surface area contributed by atoms with E-state index >= 15 is 0 Å². The molecule has 0 atom stereocenters. The number of nitrogens with two attached hydrogens (primary N) is 1. The molecule has 9 heteroatoms. The van der Waals surface area contributed by atoms with Gasteiger partial charge in [-0.15, -0.1) is 0 Å². The second kappa shape index (κ2) is 6.82. The van der Waals surface area contributed by atoms with Crippen molar-refractivity contribution >= 4 is 10.0 Å². The standard InChI is InChI=1S/C18H16F3N3O2S/c1-12-4-2-3-5-16(12)17-10-13(11-18(19,20)21)23-24(17)14-6-8-15(9-7-14)27(22,25)26/h2-10H,11H2,1H3,(H2,22,25,26). The number of primary sulfonamides is 1. The number of rotatable bonds is 4. The highest BCUT2D eigenvalue weighted by atomic mass is 32.2. The summed E-state index contributed by atoms with van der Waals surface area (Å²) in [5.74, 6) is 0. The molecule has 142 valence electrons. The predicted molar refractivity (Wildman–Crippen MR) is 94.9 cm³/mol. The summed E-state index contributed by atoms with van der Waals surface area (Å²) in [6.07, 6.45) is -5.55. The molecule has 0 spiro atoms. The van der Waals surface area contributed by atoms with Crippen LogP contribution in [0.3, 0.4) is 0 Å². The van der Waals surface area contributed by atoms with E-state index in [0.29, 0.717) is 11.4 Å². The topological polar surface area (TPSA) is 78.0 Å². The molecule has 3 rings (SSSR count). The lowest BCUT2D eigenvalue weighted by atomic mass is 10.1. The van der Waals surface area contributed by atoms with Crippen LogP contribution in [0.15, 0.2) is 59.5 Å². The number of nitrogens with zero attached hydrogens (tertiary/aromatic N) is 2. The average molecular weight is 395 g/mol. The van der Waals surface area contributed by atoms with E-state index < -0.39 is 22.6 Å². The molecule has 5 nitrogen and oxygen atoms in total. The normalized spacial score (nSPS) is 12.3. The Balaban J connectivity index is 2.14. The molecular formula is C18H16F3N3O2S. The zero-order valence-electron chi connectivity index (χ0n) is 14.2. The Kier molecular flexibility index (Phi) is 4.83. The van der Waals surface area contributed by atoms with Gasteiger partial charge in [0.2, 0.25) is 10.0 Å². The number of aryl methyl sites for hydroxylation is 1. The van der Waals surface area contributed by atoms with Crippen LogP contribution in [0.1, 0.15) is 11.3 Å². The van der Waals surface area contributed by atoms with Gasteiger partial charge in [0.15, 0.2) is 0 Å². The number of aromatic nitrogens is 2. The molecule has 0 aliphatic carbocycles. The first kappa shape index (κ1) is 19.1. The molecule has 0 unspecified atom stereocenters. The van der Waals surface area contributed by atoms with Crippen LogP contribution in [0.5, 0.6) is 0 Å². The molecule has 0 aliphatic heterocycles. The van der Waals surface area contributed by atoms with Gasteiger partial charge < -0.3 is 0 Å². The van der Waals surface area contributed by atoms with E-state index in [1.54, 1.807) is 12.1 Å². The van der Waals surface area contributed by atoms with Gasteiger partial charge in [0, 0.05) is 5.56 Å². The van der Waals surface area contributed by atoms with Gasteiger partial charge in [-0.3, -0.25) is 0 Å². The molecular weight excluding hydrogens is 379 g/mol. The SMILES string of the molecule is Cc1ccccc1-c1cc(CC(F)(F)F)nn1-c1ccc(S(N)(=O)=O)cc1. The average Bonchev–Trinajstić information content (AvgIpc) is 2.96. The van der Waals surface area contributed by atoms with E-state index in [4.69, 9.17) is 5.14 Å². The maximum Gasteiger partial charge on any atom is 0.394 e. The highest BCUT2D eigenvalue weighted by Crippen LogP contribution is 2.29. The molecule has 3 aromatic rings. The molecule has 0 amide bonds. The van der Waals surface area contributed by atoms with Crippen molar-refractivity contribution in [2.24, 2.45) is 5.14 Å². The van der Waals surface area contributed by atoms with Gasteiger partial charge in [-0.05, 0) is 42.8 Å². The molecule has 0 saturated heterocycles. The van der Waals surface area contributed by atoms with E-state index in [2.05, 4.69) is 5.10 Å². The number of sulfonamides is 1. The van der Waals surface area contributed by atoms with Crippen LogP contribution in [0.4, 0.5) is 13.2 Å². The third-order valence-electron chi connectivity index (χ3n) is 3.97. The van der Waals surface area contributed by atoms with Crippen LogP contribution in [0.2, 0.25) is 0 Å². The maximum absolute atomic E-state index is 12.8. The Morgan fingerprint density at radius 3 is 2.26 bits per heavy atom. The molecule has 0 saturated carbocycles. The van der Waals surface area contributed by atoms with Crippen LogP contribution in [0, 0.1) is 6.92 Å². The van der Waals surface area contributed by atoms with Crippen molar-refractivity contribution < 1.29 is 21.6 Å². The second-order valence-corrected chi connectivity index (χ2v) is 7.64. The lowest BCUT2D eigenvalue weighted by Crippen LogP contribution is -2.13. The Morgan fingerprint density at radius 2 is 1.70 bits per heavy atom. The van der Waals surface area contributed by atoms with Gasteiger partial charge in [-0.25, -0.2) is 18.2 Å². The molecule has 2 aromatic carbocycles. The lowest BCUT2D eigenvalue weighted by molar-refractivity contribution is -0.127. The molecule has 27 heavy (non-hydrogen) atoms. The lowest BCUT2D eigenvalue weighted by Gasteiger charge is -2.10. The minimum absolute atomic E-state index is 0.0913. The van der Waals surface area contributed by atoms with Crippen LogP contribution in [-0.4, -0.2) is 24.4 Å². The summed E-state index contributed by atoms with van der Waals surface area (Å²) < 4.78 is 62.6. The Hall–Kier alpha value is -2.65. The molecule has 2 N–H and O–H groups in total. The first-order valence-corrected chi connectivity index (χ1v) is 9.44. The highest BCUT2D eigenvalue weighted by Gasteiger charge is 2.30. The fourth-order valence-electron chi connectivity index (χ4n) is 2.75. The number of halogens is 3. The number of hydrogen-bond donors (Lipinski definition) is 1. The summed E-state index contributed by atoms with van der Waals surface area (Å²) in [5.41, 5.74) is 2.38. The third-order valence-corrected chi connectivity index (χ3v) is 4.90. The molecule has 0 fully saturated rings. The zero-order valence-corrected chi connectivity index (χ0v) is 15.1. The summed E-state index contributed by atoms with van der Waals surface area (Å²) in [4.78, 5) is -0.0913. The number of benzene rings is 2. The molecule has 1 aromatic heterocycles. The van der Waals surface area contributed by atoms with Crippen molar-refractivity contribution in [3.8, 4) is 16.9 Å².